The molecule has 0 aliphatic heterocycles. The lowest BCUT2D eigenvalue weighted by Crippen LogP contribution is -2.36. The average Bonchev–Trinajstić information content (AvgIpc) is 2.45. The van der Waals surface area contributed by atoms with Gasteiger partial charge in [-0.3, -0.25) is 9.36 Å². The zero-order valence-corrected chi connectivity index (χ0v) is 14.6. The molecular formula is C16H17Cl2N3O2. The fourth-order valence-corrected chi connectivity index (χ4v) is 2.89. The van der Waals surface area contributed by atoms with Crippen molar-refractivity contribution in [3.63, 3.8) is 0 Å². The van der Waals surface area contributed by atoms with Crippen molar-refractivity contribution < 1.29 is 4.79 Å². The Morgan fingerprint density at radius 2 is 2.00 bits per heavy atom. The lowest BCUT2D eigenvalue weighted by molar-refractivity contribution is -0.119. The van der Waals surface area contributed by atoms with Crippen molar-refractivity contribution in [1.29, 1.82) is 0 Å². The molecule has 1 aromatic heterocycles. The number of halogens is 2. The zero-order valence-electron chi connectivity index (χ0n) is 13.1. The molecule has 0 saturated carbocycles. The highest BCUT2D eigenvalue weighted by Crippen LogP contribution is 2.26. The Kier molecular flexibility index (Phi) is 5.44. The number of aromatic nitrogens is 2. The Morgan fingerprint density at radius 3 is 2.57 bits per heavy atom. The third-order valence-corrected chi connectivity index (χ3v) is 4.01. The molecule has 1 heterocycles. The number of nitrogens with zero attached hydrogens (tertiary/aromatic N) is 2. The number of amides is 1. The van der Waals surface area contributed by atoms with E-state index in [9.17, 15) is 9.59 Å². The van der Waals surface area contributed by atoms with Gasteiger partial charge in [-0.25, -0.2) is 4.79 Å². The smallest absolute Gasteiger partial charge is 0.323 e. The maximum atomic E-state index is 12.6. The SMILES string of the molecule is CCC(C(=O)Nc1ccc(Cl)cc1Cl)n1c(C)cc(C)nc1=O. The lowest BCUT2D eigenvalue weighted by Gasteiger charge is -2.20. The van der Waals surface area contributed by atoms with Crippen LogP contribution in [0.15, 0.2) is 29.1 Å². The molecule has 5 nitrogen and oxygen atoms in total. The monoisotopic (exact) mass is 353 g/mol. The first-order chi connectivity index (χ1) is 10.8. The molecule has 1 amide bonds. The predicted molar refractivity (Wildman–Crippen MR) is 92.4 cm³/mol. The van der Waals surface area contributed by atoms with Gasteiger partial charge in [0.15, 0.2) is 0 Å². The maximum Gasteiger partial charge on any atom is 0.348 e. The first-order valence-electron chi connectivity index (χ1n) is 7.16. The summed E-state index contributed by atoms with van der Waals surface area (Å²) in [6, 6.07) is 5.91. The molecule has 0 aliphatic carbocycles. The molecule has 23 heavy (non-hydrogen) atoms. The highest BCUT2D eigenvalue weighted by molar-refractivity contribution is 6.36. The van der Waals surface area contributed by atoms with Crippen LogP contribution in [0.4, 0.5) is 5.69 Å². The van der Waals surface area contributed by atoms with E-state index in [4.69, 9.17) is 23.2 Å². The molecular weight excluding hydrogens is 337 g/mol. The zero-order chi connectivity index (χ0) is 17.1. The molecule has 0 saturated heterocycles. The van der Waals surface area contributed by atoms with Gasteiger partial charge in [0.1, 0.15) is 6.04 Å². The third-order valence-electron chi connectivity index (χ3n) is 3.47. The lowest BCUT2D eigenvalue weighted by atomic mass is 10.1. The molecule has 122 valence electrons. The first-order valence-corrected chi connectivity index (χ1v) is 7.91. The number of carbonyl (C=O) groups is 1. The minimum Gasteiger partial charge on any atom is -0.323 e. The van der Waals surface area contributed by atoms with Crippen molar-refractivity contribution in [3.8, 4) is 0 Å². The van der Waals surface area contributed by atoms with Gasteiger partial charge >= 0.3 is 5.69 Å². The van der Waals surface area contributed by atoms with Crippen molar-refractivity contribution in [1.82, 2.24) is 9.55 Å². The molecule has 1 aromatic carbocycles. The molecule has 2 rings (SSSR count). The van der Waals surface area contributed by atoms with Gasteiger partial charge in [-0.2, -0.15) is 4.98 Å². The Morgan fingerprint density at radius 1 is 1.30 bits per heavy atom. The van der Waals surface area contributed by atoms with Crippen LogP contribution in [0.5, 0.6) is 0 Å². The van der Waals surface area contributed by atoms with E-state index in [0.29, 0.717) is 33.5 Å². The quantitative estimate of drug-likeness (QED) is 0.909. The summed E-state index contributed by atoms with van der Waals surface area (Å²) >= 11 is 11.9. The van der Waals surface area contributed by atoms with Crippen molar-refractivity contribution in [2.45, 2.75) is 33.2 Å². The molecule has 7 heteroatoms. The van der Waals surface area contributed by atoms with Crippen LogP contribution in [-0.2, 0) is 4.79 Å². The van der Waals surface area contributed by atoms with E-state index in [2.05, 4.69) is 10.3 Å². The van der Waals surface area contributed by atoms with E-state index < -0.39 is 11.7 Å². The topological polar surface area (TPSA) is 64.0 Å². The second-order valence-corrected chi connectivity index (χ2v) is 6.07. The number of anilines is 1. The summed E-state index contributed by atoms with van der Waals surface area (Å²) in [5, 5.41) is 3.56. The van der Waals surface area contributed by atoms with Crippen LogP contribution in [0, 0.1) is 13.8 Å². The van der Waals surface area contributed by atoms with Gasteiger partial charge in [0.2, 0.25) is 5.91 Å². The number of benzene rings is 1. The highest BCUT2D eigenvalue weighted by Gasteiger charge is 2.22. The van der Waals surface area contributed by atoms with Crippen LogP contribution in [0.3, 0.4) is 0 Å². The minimum atomic E-state index is -0.664. The van der Waals surface area contributed by atoms with Gasteiger partial charge in [-0.05, 0) is 44.5 Å². The predicted octanol–water partition coefficient (Wildman–Crippen LogP) is 3.76. The Labute approximate surface area is 144 Å². The minimum absolute atomic E-state index is 0.326. The van der Waals surface area contributed by atoms with E-state index in [1.165, 1.54) is 4.57 Å². The summed E-state index contributed by atoms with van der Waals surface area (Å²) in [6.45, 7) is 5.36. The number of nitrogens with one attached hydrogen (secondary N) is 1. The molecule has 0 fully saturated rings. The highest BCUT2D eigenvalue weighted by atomic mass is 35.5. The summed E-state index contributed by atoms with van der Waals surface area (Å²) in [6.07, 6.45) is 0.447. The molecule has 1 N–H and O–H groups in total. The van der Waals surface area contributed by atoms with E-state index >= 15 is 0 Å². The fraction of sp³-hybridized carbons (Fsp3) is 0.312. The Hall–Kier alpha value is -1.85. The summed E-state index contributed by atoms with van der Waals surface area (Å²) in [7, 11) is 0. The number of rotatable bonds is 4. The van der Waals surface area contributed by atoms with Gasteiger partial charge < -0.3 is 5.32 Å². The van der Waals surface area contributed by atoms with Gasteiger partial charge in [-0.15, -0.1) is 0 Å². The Bertz CT molecular complexity index is 802. The van der Waals surface area contributed by atoms with E-state index in [0.717, 1.165) is 0 Å². The van der Waals surface area contributed by atoms with Crippen LogP contribution in [0.25, 0.3) is 0 Å². The second kappa shape index (κ2) is 7.15. The van der Waals surface area contributed by atoms with E-state index in [1.807, 2.05) is 6.92 Å². The molecule has 1 unspecified atom stereocenters. The number of aryl methyl sites for hydroxylation is 2. The normalized spacial score (nSPS) is 12.0. The van der Waals surface area contributed by atoms with Crippen LogP contribution < -0.4 is 11.0 Å². The number of hydrogen-bond acceptors (Lipinski definition) is 3. The molecule has 0 radical (unpaired) electrons. The largest absolute Gasteiger partial charge is 0.348 e. The van der Waals surface area contributed by atoms with Gasteiger partial charge in [-0.1, -0.05) is 30.1 Å². The van der Waals surface area contributed by atoms with Gasteiger partial charge in [0, 0.05) is 16.4 Å². The Balaban J connectivity index is 2.34. The molecule has 0 bridgehead atoms. The van der Waals surface area contributed by atoms with Crippen LogP contribution >= 0.6 is 23.2 Å². The second-order valence-electron chi connectivity index (χ2n) is 5.23. The molecule has 0 aliphatic rings. The van der Waals surface area contributed by atoms with Crippen molar-refractivity contribution in [2.24, 2.45) is 0 Å². The summed E-state index contributed by atoms with van der Waals surface area (Å²) in [5.74, 6) is -0.326. The standard InChI is InChI=1S/C16H17Cl2N3O2/c1-4-14(21-10(3)7-9(2)19-16(21)23)15(22)20-13-6-5-11(17)8-12(13)18/h5-8,14H,4H2,1-3H3,(H,20,22). The number of carbonyl (C=O) groups excluding carboxylic acids is 1. The van der Waals surface area contributed by atoms with Crippen molar-refractivity contribution in [2.75, 3.05) is 5.32 Å². The summed E-state index contributed by atoms with van der Waals surface area (Å²) < 4.78 is 1.39. The fourth-order valence-electron chi connectivity index (χ4n) is 2.43. The van der Waals surface area contributed by atoms with Crippen LogP contribution in [0.2, 0.25) is 10.0 Å². The first kappa shape index (κ1) is 17.5. The van der Waals surface area contributed by atoms with Gasteiger partial charge in [0.05, 0.1) is 10.7 Å². The van der Waals surface area contributed by atoms with Gasteiger partial charge in [0.25, 0.3) is 0 Å². The van der Waals surface area contributed by atoms with E-state index in [-0.39, 0.29) is 5.91 Å². The van der Waals surface area contributed by atoms with Crippen molar-refractivity contribution in [3.05, 3.63) is 56.2 Å². The third kappa shape index (κ3) is 3.92. The molecule has 0 spiro atoms. The van der Waals surface area contributed by atoms with E-state index in [1.54, 1.807) is 38.1 Å². The molecule has 1 atom stereocenters. The number of hydrogen-bond donors (Lipinski definition) is 1. The summed E-state index contributed by atoms with van der Waals surface area (Å²) in [4.78, 5) is 28.6. The maximum absolute atomic E-state index is 12.6. The van der Waals surface area contributed by atoms with Crippen LogP contribution in [-0.4, -0.2) is 15.5 Å². The average molecular weight is 354 g/mol. The van der Waals surface area contributed by atoms with Crippen molar-refractivity contribution >= 4 is 34.8 Å². The summed E-state index contributed by atoms with van der Waals surface area (Å²) in [5.41, 5.74) is 1.32. The molecule has 2 aromatic rings. The van der Waals surface area contributed by atoms with Crippen LogP contribution in [0.1, 0.15) is 30.8 Å².